The van der Waals surface area contributed by atoms with Gasteiger partial charge in [0.15, 0.2) is 0 Å². The molecule has 0 radical (unpaired) electrons. The van der Waals surface area contributed by atoms with Crippen LogP contribution in [0.4, 0.5) is 0 Å². The zero-order valence-electron chi connectivity index (χ0n) is 18.4. The van der Waals surface area contributed by atoms with E-state index in [0.29, 0.717) is 18.0 Å². The van der Waals surface area contributed by atoms with E-state index >= 15 is 0 Å². The number of rotatable bonds is 8. The molecule has 2 atom stereocenters. The molecule has 0 saturated carbocycles. The first-order valence-electron chi connectivity index (χ1n) is 11.0. The number of nitrogens with zero attached hydrogens (tertiary/aromatic N) is 2. The zero-order valence-corrected chi connectivity index (χ0v) is 20.0. The normalized spacial score (nSPS) is 16.3. The Balaban J connectivity index is 1.53. The highest BCUT2D eigenvalue weighted by molar-refractivity contribution is 7.12. The van der Waals surface area contributed by atoms with Crippen molar-refractivity contribution >= 4 is 34.5 Å². The smallest absolute Gasteiger partial charge is 0.264 e. The number of hydrogen-bond donors (Lipinski definition) is 0. The van der Waals surface area contributed by atoms with Gasteiger partial charge < -0.3 is 14.5 Å². The topological polar surface area (TPSA) is 49.9 Å². The SMILES string of the molecule is CC[C@@H](C)N(CC(=O)N1CCc2sccc2[C@@H]1COc1ccccc1)C(=O)c1cccs1. The Morgan fingerprint density at radius 1 is 1.12 bits per heavy atom. The quantitative estimate of drug-likeness (QED) is 0.453. The third kappa shape index (κ3) is 4.89. The number of carbonyl (C=O) groups is 2. The van der Waals surface area contributed by atoms with Crippen LogP contribution < -0.4 is 4.74 Å². The zero-order chi connectivity index (χ0) is 22.5. The number of benzene rings is 1. The van der Waals surface area contributed by atoms with Crippen LogP contribution in [-0.2, 0) is 11.2 Å². The predicted molar refractivity (Wildman–Crippen MR) is 130 cm³/mol. The molecule has 0 saturated heterocycles. The largest absolute Gasteiger partial charge is 0.491 e. The first kappa shape index (κ1) is 22.6. The number of para-hydroxylation sites is 1. The van der Waals surface area contributed by atoms with Gasteiger partial charge in [-0.2, -0.15) is 0 Å². The van der Waals surface area contributed by atoms with Crippen LogP contribution >= 0.6 is 22.7 Å². The van der Waals surface area contributed by atoms with Crippen molar-refractivity contribution in [3.63, 3.8) is 0 Å². The van der Waals surface area contributed by atoms with Gasteiger partial charge in [-0.25, -0.2) is 0 Å². The second kappa shape index (κ2) is 10.3. The van der Waals surface area contributed by atoms with Gasteiger partial charge in [-0.05, 0) is 60.4 Å². The van der Waals surface area contributed by atoms with E-state index in [4.69, 9.17) is 4.74 Å². The highest BCUT2D eigenvalue weighted by atomic mass is 32.1. The molecule has 0 unspecified atom stereocenters. The van der Waals surface area contributed by atoms with E-state index in [9.17, 15) is 9.59 Å². The molecule has 0 bridgehead atoms. The number of amides is 2. The summed E-state index contributed by atoms with van der Waals surface area (Å²) in [4.78, 5) is 32.2. The van der Waals surface area contributed by atoms with Crippen molar-refractivity contribution in [1.29, 1.82) is 0 Å². The highest BCUT2D eigenvalue weighted by Crippen LogP contribution is 2.34. The fourth-order valence-corrected chi connectivity index (χ4v) is 5.60. The number of thiophene rings is 2. The lowest BCUT2D eigenvalue weighted by atomic mass is 10.00. The van der Waals surface area contributed by atoms with Gasteiger partial charge in [0.25, 0.3) is 5.91 Å². The first-order chi connectivity index (χ1) is 15.6. The second-order valence-corrected chi connectivity index (χ2v) is 9.89. The molecule has 0 N–H and O–H groups in total. The summed E-state index contributed by atoms with van der Waals surface area (Å²) in [5.41, 5.74) is 1.16. The van der Waals surface area contributed by atoms with Crippen molar-refractivity contribution in [2.24, 2.45) is 0 Å². The molecule has 5 nitrogen and oxygen atoms in total. The van der Waals surface area contributed by atoms with Gasteiger partial charge in [-0.1, -0.05) is 31.2 Å². The Morgan fingerprint density at radius 3 is 2.66 bits per heavy atom. The van der Waals surface area contributed by atoms with Crippen LogP contribution in [0.5, 0.6) is 5.75 Å². The second-order valence-electron chi connectivity index (χ2n) is 7.94. The van der Waals surface area contributed by atoms with Gasteiger partial charge in [-0.15, -0.1) is 22.7 Å². The molecule has 2 amide bonds. The molecular formula is C25H28N2O3S2. The summed E-state index contributed by atoms with van der Waals surface area (Å²) < 4.78 is 6.06. The van der Waals surface area contributed by atoms with Crippen molar-refractivity contribution in [2.45, 2.75) is 38.8 Å². The van der Waals surface area contributed by atoms with Crippen LogP contribution in [-0.4, -0.2) is 47.4 Å². The van der Waals surface area contributed by atoms with Crippen LogP contribution in [0.1, 0.15) is 46.4 Å². The van der Waals surface area contributed by atoms with Gasteiger partial charge >= 0.3 is 0 Å². The monoisotopic (exact) mass is 468 g/mol. The maximum atomic E-state index is 13.5. The van der Waals surface area contributed by atoms with E-state index in [0.717, 1.165) is 24.2 Å². The van der Waals surface area contributed by atoms with E-state index < -0.39 is 0 Å². The predicted octanol–water partition coefficient (Wildman–Crippen LogP) is 5.26. The van der Waals surface area contributed by atoms with Crippen LogP contribution in [0.3, 0.4) is 0 Å². The highest BCUT2D eigenvalue weighted by Gasteiger charge is 2.34. The summed E-state index contributed by atoms with van der Waals surface area (Å²) in [7, 11) is 0. The molecule has 168 valence electrons. The average Bonchev–Trinajstić information content (AvgIpc) is 3.53. The minimum absolute atomic E-state index is 0.0194. The summed E-state index contributed by atoms with van der Waals surface area (Å²) in [6, 6.07) is 15.3. The van der Waals surface area contributed by atoms with Crippen molar-refractivity contribution < 1.29 is 14.3 Å². The minimum atomic E-state index is -0.159. The van der Waals surface area contributed by atoms with Crippen molar-refractivity contribution in [3.05, 3.63) is 74.6 Å². The Hall–Kier alpha value is -2.64. The minimum Gasteiger partial charge on any atom is -0.491 e. The molecule has 4 rings (SSSR count). The summed E-state index contributed by atoms with van der Waals surface area (Å²) in [5.74, 6) is 0.679. The maximum absolute atomic E-state index is 13.5. The van der Waals surface area contributed by atoms with Gasteiger partial charge in [0.1, 0.15) is 18.9 Å². The molecule has 1 aliphatic rings. The molecule has 32 heavy (non-hydrogen) atoms. The standard InChI is InChI=1S/C25H28N2O3S2/c1-3-18(2)27(25(29)23-10-7-14-31-23)16-24(28)26-13-11-22-20(12-15-32-22)21(26)17-30-19-8-5-4-6-9-19/h4-10,12,14-15,18,21H,3,11,13,16-17H2,1-2H3/t18-,21+/m1/s1. The van der Waals surface area contributed by atoms with Crippen LogP contribution in [0, 0.1) is 0 Å². The molecule has 0 fully saturated rings. The van der Waals surface area contributed by atoms with Gasteiger partial charge in [0.2, 0.25) is 5.91 Å². The molecule has 1 aromatic carbocycles. The number of carbonyl (C=O) groups excluding carboxylic acids is 2. The molecule has 2 aromatic heterocycles. The summed E-state index contributed by atoms with van der Waals surface area (Å²) in [6.07, 6.45) is 1.63. The fraction of sp³-hybridized carbons (Fsp3) is 0.360. The average molecular weight is 469 g/mol. The number of fused-ring (bicyclic) bond motifs is 1. The fourth-order valence-electron chi connectivity index (χ4n) is 3.99. The van der Waals surface area contributed by atoms with E-state index in [1.807, 2.05) is 66.6 Å². The Morgan fingerprint density at radius 2 is 1.94 bits per heavy atom. The molecular weight excluding hydrogens is 440 g/mol. The molecule has 7 heteroatoms. The van der Waals surface area contributed by atoms with Crippen molar-refractivity contribution in [2.75, 3.05) is 19.7 Å². The maximum Gasteiger partial charge on any atom is 0.264 e. The van der Waals surface area contributed by atoms with E-state index in [2.05, 4.69) is 11.4 Å². The van der Waals surface area contributed by atoms with Gasteiger partial charge in [0, 0.05) is 17.5 Å². The van der Waals surface area contributed by atoms with Crippen molar-refractivity contribution in [3.8, 4) is 5.75 Å². The van der Waals surface area contributed by atoms with Gasteiger partial charge in [-0.3, -0.25) is 9.59 Å². The van der Waals surface area contributed by atoms with Crippen LogP contribution in [0.15, 0.2) is 59.3 Å². The van der Waals surface area contributed by atoms with Gasteiger partial charge in [0.05, 0.1) is 10.9 Å². The third-order valence-corrected chi connectivity index (χ3v) is 7.84. The lowest BCUT2D eigenvalue weighted by Crippen LogP contribution is -2.49. The Bertz CT molecular complexity index is 1030. The molecule has 0 aliphatic carbocycles. The first-order valence-corrected chi connectivity index (χ1v) is 12.7. The van der Waals surface area contributed by atoms with E-state index in [1.54, 1.807) is 16.2 Å². The molecule has 0 spiro atoms. The number of ether oxygens (including phenoxy) is 1. The summed E-state index contributed by atoms with van der Waals surface area (Å²) in [5, 5.41) is 3.98. The molecule has 3 heterocycles. The summed E-state index contributed by atoms with van der Waals surface area (Å²) in [6.45, 7) is 5.15. The lowest BCUT2D eigenvalue weighted by Gasteiger charge is -2.38. The molecule has 1 aliphatic heterocycles. The molecule has 3 aromatic rings. The van der Waals surface area contributed by atoms with Crippen molar-refractivity contribution in [1.82, 2.24) is 9.80 Å². The third-order valence-electron chi connectivity index (χ3n) is 5.99. The Labute approximate surface area is 197 Å². The van der Waals surface area contributed by atoms with E-state index in [-0.39, 0.29) is 30.4 Å². The lowest BCUT2D eigenvalue weighted by molar-refractivity contribution is -0.136. The van der Waals surface area contributed by atoms with E-state index in [1.165, 1.54) is 16.2 Å². The number of hydrogen-bond acceptors (Lipinski definition) is 5. The van der Waals surface area contributed by atoms with Crippen LogP contribution in [0.25, 0.3) is 0 Å². The summed E-state index contributed by atoms with van der Waals surface area (Å²) >= 11 is 3.15. The van der Waals surface area contributed by atoms with Crippen LogP contribution in [0.2, 0.25) is 0 Å². The Kier molecular flexibility index (Phi) is 7.27.